The van der Waals surface area contributed by atoms with Gasteiger partial charge in [0.15, 0.2) is 5.67 Å². The van der Waals surface area contributed by atoms with Crippen LogP contribution in [0.5, 0.6) is 0 Å². The predicted octanol–water partition coefficient (Wildman–Crippen LogP) is -0.333. The van der Waals surface area contributed by atoms with Crippen LogP contribution in [0.25, 0.3) is 0 Å². The second kappa shape index (κ2) is 4.73. The van der Waals surface area contributed by atoms with E-state index in [1.807, 2.05) is 0 Å². The summed E-state index contributed by atoms with van der Waals surface area (Å²) in [6, 6.07) is 0. The molecular weight excluding hydrogens is 251 g/mol. The molecule has 15 heavy (non-hydrogen) atoms. The molecule has 0 saturated carbocycles. The van der Waals surface area contributed by atoms with Crippen LogP contribution in [-0.2, 0) is 28.6 Å². The van der Waals surface area contributed by atoms with Gasteiger partial charge >= 0.3 is 0 Å². The molecule has 0 bridgehead atoms. The number of alkyl halides is 1. The Hall–Kier alpha value is -0.250. The molecule has 0 spiro atoms. The van der Waals surface area contributed by atoms with Crippen molar-refractivity contribution in [3.63, 3.8) is 0 Å². The SMILES string of the molecule is CC(F)(COS(C)(=O)=O)COS(C)(=O)=O. The van der Waals surface area contributed by atoms with E-state index < -0.39 is 39.1 Å². The number of hydrogen-bond donors (Lipinski definition) is 0. The van der Waals surface area contributed by atoms with Crippen molar-refractivity contribution in [3.8, 4) is 0 Å². The van der Waals surface area contributed by atoms with E-state index in [4.69, 9.17) is 0 Å². The van der Waals surface area contributed by atoms with Gasteiger partial charge in [-0.05, 0) is 6.92 Å². The fourth-order valence-corrected chi connectivity index (χ4v) is 1.42. The van der Waals surface area contributed by atoms with Crippen molar-refractivity contribution in [2.45, 2.75) is 12.6 Å². The summed E-state index contributed by atoms with van der Waals surface area (Å²) >= 11 is 0. The Labute approximate surface area is 88.6 Å². The summed E-state index contributed by atoms with van der Waals surface area (Å²) in [6.45, 7) is -0.605. The maximum atomic E-state index is 13.4. The third kappa shape index (κ3) is 10.0. The second-order valence-electron chi connectivity index (χ2n) is 3.35. The van der Waals surface area contributed by atoms with Crippen LogP contribution < -0.4 is 0 Å². The summed E-state index contributed by atoms with van der Waals surface area (Å²) in [6.07, 6.45) is 1.53. The number of rotatable bonds is 6. The van der Waals surface area contributed by atoms with E-state index in [-0.39, 0.29) is 0 Å². The molecule has 0 aliphatic rings. The van der Waals surface area contributed by atoms with Crippen molar-refractivity contribution >= 4 is 20.2 Å². The van der Waals surface area contributed by atoms with E-state index in [2.05, 4.69) is 8.37 Å². The normalized spacial score (nSPS) is 14.1. The van der Waals surface area contributed by atoms with E-state index in [9.17, 15) is 21.2 Å². The van der Waals surface area contributed by atoms with Crippen molar-refractivity contribution in [2.75, 3.05) is 25.7 Å². The highest BCUT2D eigenvalue weighted by atomic mass is 32.2. The molecule has 0 unspecified atom stereocenters. The quantitative estimate of drug-likeness (QED) is 0.610. The van der Waals surface area contributed by atoms with Crippen LogP contribution in [0.3, 0.4) is 0 Å². The van der Waals surface area contributed by atoms with E-state index >= 15 is 0 Å². The zero-order valence-electron chi connectivity index (χ0n) is 8.56. The standard InChI is InChI=1S/C6H13FO6S2/c1-6(7,4-12-14(2,8)9)5-13-15(3,10)11/h4-5H2,1-3H3. The first kappa shape index (κ1) is 14.8. The van der Waals surface area contributed by atoms with Crippen LogP contribution in [-0.4, -0.2) is 48.2 Å². The molecule has 0 radical (unpaired) electrons. The molecule has 0 amide bonds. The Morgan fingerprint density at radius 3 is 1.47 bits per heavy atom. The van der Waals surface area contributed by atoms with Gasteiger partial charge in [0, 0.05) is 0 Å². The van der Waals surface area contributed by atoms with Crippen molar-refractivity contribution in [1.29, 1.82) is 0 Å². The van der Waals surface area contributed by atoms with Gasteiger partial charge in [-0.15, -0.1) is 0 Å². The molecule has 0 aromatic heterocycles. The van der Waals surface area contributed by atoms with Gasteiger partial charge in [-0.3, -0.25) is 8.37 Å². The molecule has 0 rings (SSSR count). The number of halogens is 1. The third-order valence-electron chi connectivity index (χ3n) is 1.15. The van der Waals surface area contributed by atoms with Crippen LogP contribution in [0.2, 0.25) is 0 Å². The molecule has 0 fully saturated rings. The van der Waals surface area contributed by atoms with Crippen molar-refractivity contribution in [1.82, 2.24) is 0 Å². The minimum atomic E-state index is -3.76. The van der Waals surface area contributed by atoms with Crippen LogP contribution in [0.15, 0.2) is 0 Å². The Kier molecular flexibility index (Phi) is 4.65. The molecule has 0 aromatic carbocycles. The lowest BCUT2D eigenvalue weighted by atomic mass is 10.2. The van der Waals surface area contributed by atoms with E-state index in [1.54, 1.807) is 0 Å². The molecule has 0 aliphatic carbocycles. The maximum Gasteiger partial charge on any atom is 0.264 e. The first-order valence-electron chi connectivity index (χ1n) is 3.79. The topological polar surface area (TPSA) is 86.7 Å². The first-order chi connectivity index (χ1) is 6.41. The van der Waals surface area contributed by atoms with Gasteiger partial charge in [0.1, 0.15) is 13.2 Å². The smallest absolute Gasteiger partial charge is 0.264 e. The largest absolute Gasteiger partial charge is 0.267 e. The third-order valence-corrected chi connectivity index (χ3v) is 2.24. The second-order valence-corrected chi connectivity index (χ2v) is 6.63. The average molecular weight is 264 g/mol. The zero-order chi connectivity index (χ0) is 12.3. The molecule has 9 heteroatoms. The lowest BCUT2D eigenvalue weighted by Gasteiger charge is -2.18. The maximum absolute atomic E-state index is 13.4. The molecule has 0 saturated heterocycles. The summed E-state index contributed by atoms with van der Waals surface area (Å²) in [7, 11) is -7.51. The van der Waals surface area contributed by atoms with Gasteiger partial charge in [-0.1, -0.05) is 0 Å². The van der Waals surface area contributed by atoms with Crippen molar-refractivity contribution in [3.05, 3.63) is 0 Å². The van der Waals surface area contributed by atoms with Gasteiger partial charge in [0.2, 0.25) is 0 Å². The fourth-order valence-electron chi connectivity index (χ4n) is 0.501. The summed E-state index contributed by atoms with van der Waals surface area (Å²) in [4.78, 5) is 0. The monoisotopic (exact) mass is 264 g/mol. The van der Waals surface area contributed by atoms with E-state index in [1.165, 1.54) is 0 Å². The molecule has 0 heterocycles. The minimum Gasteiger partial charge on any atom is -0.267 e. The molecular formula is C6H13FO6S2. The predicted molar refractivity (Wildman–Crippen MR) is 51.1 cm³/mol. The first-order valence-corrected chi connectivity index (χ1v) is 7.42. The molecule has 0 aliphatic heterocycles. The Morgan fingerprint density at radius 1 is 1.00 bits per heavy atom. The molecule has 6 nitrogen and oxygen atoms in total. The molecule has 92 valence electrons. The van der Waals surface area contributed by atoms with Crippen LogP contribution in [0, 0.1) is 0 Å². The average Bonchev–Trinajstić information content (AvgIpc) is 1.96. The van der Waals surface area contributed by atoms with E-state index in [0.717, 1.165) is 19.4 Å². The Bertz CT molecular complexity index is 357. The summed E-state index contributed by atoms with van der Waals surface area (Å²) in [5, 5.41) is 0. The van der Waals surface area contributed by atoms with Crippen molar-refractivity contribution in [2.24, 2.45) is 0 Å². The van der Waals surface area contributed by atoms with Gasteiger partial charge in [-0.25, -0.2) is 4.39 Å². The Balaban J connectivity index is 4.21. The van der Waals surface area contributed by atoms with Crippen LogP contribution in [0.4, 0.5) is 4.39 Å². The lowest BCUT2D eigenvalue weighted by Crippen LogP contribution is -2.33. The molecule has 0 N–H and O–H groups in total. The summed E-state index contributed by atoms with van der Waals surface area (Å²) < 4.78 is 63.9. The van der Waals surface area contributed by atoms with Gasteiger partial charge in [-0.2, -0.15) is 16.8 Å². The summed E-state index contributed by atoms with van der Waals surface area (Å²) in [5.41, 5.74) is -2.19. The van der Waals surface area contributed by atoms with Crippen LogP contribution in [0.1, 0.15) is 6.92 Å². The lowest BCUT2D eigenvalue weighted by molar-refractivity contribution is 0.0567. The fraction of sp³-hybridized carbons (Fsp3) is 1.00. The molecule has 0 aromatic rings. The molecule has 0 atom stereocenters. The number of hydrogen-bond acceptors (Lipinski definition) is 6. The summed E-state index contributed by atoms with van der Waals surface area (Å²) in [5.74, 6) is 0. The van der Waals surface area contributed by atoms with Crippen molar-refractivity contribution < 1.29 is 29.6 Å². The van der Waals surface area contributed by atoms with Gasteiger partial charge in [0.05, 0.1) is 12.5 Å². The Morgan fingerprint density at radius 2 is 1.27 bits per heavy atom. The minimum absolute atomic E-state index is 0.764. The highest BCUT2D eigenvalue weighted by Crippen LogP contribution is 2.13. The van der Waals surface area contributed by atoms with Gasteiger partial charge < -0.3 is 0 Å². The van der Waals surface area contributed by atoms with Crippen LogP contribution >= 0.6 is 0 Å². The highest BCUT2D eigenvalue weighted by molar-refractivity contribution is 7.86. The highest BCUT2D eigenvalue weighted by Gasteiger charge is 2.28. The van der Waals surface area contributed by atoms with E-state index in [0.29, 0.717) is 0 Å². The zero-order valence-corrected chi connectivity index (χ0v) is 10.2. The van der Waals surface area contributed by atoms with Gasteiger partial charge in [0.25, 0.3) is 20.2 Å².